The molecule has 0 aliphatic rings. The minimum Gasteiger partial charge on any atom is -0.183 e. The van der Waals surface area contributed by atoms with Gasteiger partial charge < -0.3 is 0 Å². The van der Waals surface area contributed by atoms with E-state index in [1.54, 1.807) is 6.26 Å². The molecule has 0 saturated heterocycles. The van der Waals surface area contributed by atoms with Gasteiger partial charge in [-0.15, -0.1) is 0 Å². The van der Waals surface area contributed by atoms with Crippen LogP contribution in [0.25, 0.3) is 0 Å². The Morgan fingerprint density at radius 1 is 0.120 bits per heavy atom. The second kappa shape index (κ2) is 942000. The molecule has 0 radical (unpaired) electrons. The third kappa shape index (κ3) is 885000. The largest absolute Gasteiger partial charge is 0.183 e. The topological polar surface area (TPSA) is 0 Å². The minimum atomic E-state index is 0. The molecule has 0 fully saturated rings. The van der Waals surface area contributed by atoms with E-state index in [4.69, 9.17) is 8.22 Å². The molecular formula is C49H196S. The molecule has 0 saturated carbocycles. The van der Waals surface area contributed by atoms with Crippen LogP contribution >= 0.6 is 12.6 Å². The zero-order valence-electron chi connectivity index (χ0n) is 13.4. The molecule has 0 aliphatic carbocycles. The highest BCUT2D eigenvalue weighted by atomic mass is 32.1. The van der Waals surface area contributed by atoms with E-state index < -0.39 is 0 Å². The molecule has 0 amide bonds. The highest BCUT2D eigenvalue weighted by Gasteiger charge is 0.901. The van der Waals surface area contributed by atoms with Gasteiger partial charge in [0.15, 0.2) is 0 Å². The zero-order chi connectivity index (χ0) is 14.0. The van der Waals surface area contributed by atoms with Gasteiger partial charge in [0, 0.05) is 8.22 Å². The van der Waals surface area contributed by atoms with E-state index in [9.17, 15) is 0 Å². The Kier molecular flexibility index (Phi) is 42800000. The van der Waals surface area contributed by atoms with Crippen LogP contribution in [-0.4, -0.2) is 6.26 Å². The van der Waals surface area contributed by atoms with Crippen molar-refractivity contribution in [2.45, 2.75) is 356 Å². The molecule has 0 atom stereocenters. The van der Waals surface area contributed by atoms with Gasteiger partial charge in [0.25, 0.3) is 0 Å². The van der Waals surface area contributed by atoms with Crippen LogP contribution in [0.2, 0.25) is 0 Å². The first-order valence-electron chi connectivity index (χ1n) is 6.45. The molecular weight excluding hydrogens is 621 g/mol. The highest BCUT2D eigenvalue weighted by molar-refractivity contribution is 7.79. The summed E-state index contributed by atoms with van der Waals surface area (Å²) < 4.78 is 34.5. The Labute approximate surface area is 382 Å². The summed E-state index contributed by atoms with van der Waals surface area (Å²) in [7, 11) is 7.50. The van der Waals surface area contributed by atoms with Gasteiger partial charge in [0.05, 0.1) is 0 Å². The summed E-state index contributed by atoms with van der Waals surface area (Å²) in [6, 6.07) is 0. The van der Waals surface area contributed by atoms with Crippen molar-refractivity contribution in [1.82, 2.24) is 0 Å². The molecule has 50 heavy (non-hydrogen) atoms. The first-order chi connectivity index (χ1) is 7.00. The van der Waals surface area contributed by atoms with E-state index in [0.29, 0.717) is 0 Å². The molecule has 398 valence electrons. The van der Waals surface area contributed by atoms with E-state index in [2.05, 4.69) is 12.6 Å². The van der Waals surface area contributed by atoms with Crippen molar-refractivity contribution in [1.29, 1.82) is 0 Å². The summed E-state index contributed by atoms with van der Waals surface area (Å²) >= 11 is 3.53. The first kappa shape index (κ1) is 2270. The van der Waals surface area contributed by atoms with Crippen LogP contribution in [-0.2, 0) is 0 Å². The fourth-order valence-electron chi connectivity index (χ4n) is 0. The number of hydrogen-bond acceptors (Lipinski definition) is 1. The lowest BCUT2D eigenvalue weighted by atomic mass is 12.0. The molecule has 0 nitrogen and oxygen atoms in total. The van der Waals surface area contributed by atoms with Crippen molar-refractivity contribution >= 4 is 12.6 Å². The summed E-state index contributed by atoms with van der Waals surface area (Å²) in [5.74, 6) is 0. The molecule has 0 aromatic rings. The van der Waals surface area contributed by atoms with Crippen LogP contribution in [0.4, 0.5) is 0 Å². The average molecular weight is 830 g/mol. The standard InChI is InChI=1S/CH4S.48CH4/c1-2;;;;;;;;;;;;;;;;;;;;;;;;;;;;;;;;;;;;;;;;;;;;;;;;/h2H,1H3;48*1H4/i;6*1T;;;;;;;;;;;;;;;;;;;;;;;;;;;;;;;;;;;;;;;;;;. The summed E-state index contributed by atoms with van der Waals surface area (Å²) in [4.78, 5) is 0. The lowest BCUT2D eigenvalue weighted by Crippen LogP contribution is -0.865. The fraction of sp³-hybridized carbons (Fsp3) is 1.00. The quantitative estimate of drug-likeness (QED) is 0.231. The molecule has 0 rings (SSSR count). The third-order valence-corrected chi connectivity index (χ3v) is 0. The van der Waals surface area contributed by atoms with E-state index in [-0.39, 0.29) is 312 Å². The Balaban J connectivity index is -0.000000000193. The number of thiol groups is 1. The predicted molar refractivity (Wildman–Crippen MR) is 338 cm³/mol. The van der Waals surface area contributed by atoms with Gasteiger partial charge in [-0.1, -0.05) is 356 Å². The second-order valence-electron chi connectivity index (χ2n) is 0. The van der Waals surface area contributed by atoms with E-state index in [1.807, 2.05) is 0 Å². The summed E-state index contributed by atoms with van der Waals surface area (Å²) in [6.07, 6.45) is 1.69. The van der Waals surface area contributed by atoms with Gasteiger partial charge in [-0.3, -0.25) is 0 Å². The van der Waals surface area contributed by atoms with E-state index >= 15 is 0 Å². The first-order valence-corrected chi connectivity index (χ1v) is 1.34. The molecule has 0 aromatic carbocycles. The van der Waals surface area contributed by atoms with E-state index in [1.165, 1.54) is 44.4 Å². The Hall–Kier alpha value is 0.350. The molecule has 0 spiro atoms. The van der Waals surface area contributed by atoms with Gasteiger partial charge in [-0.2, -0.15) is 12.6 Å². The number of hydrogen-bond donors (Lipinski definition) is 1. The monoisotopic (exact) mass is 830 g/mol. The van der Waals surface area contributed by atoms with Crippen LogP contribution in [0.5, 0.6) is 0 Å². The van der Waals surface area contributed by atoms with Crippen molar-refractivity contribution in [2.75, 3.05) is 6.26 Å². The fourth-order valence-corrected chi connectivity index (χ4v) is 0. The maximum Gasteiger partial charge on any atom is 0.0194 e. The molecule has 0 bridgehead atoms. The summed E-state index contributed by atoms with van der Waals surface area (Å²) in [5, 5.41) is 0. The van der Waals surface area contributed by atoms with Crippen molar-refractivity contribution in [3.8, 4) is 0 Å². The molecule has 0 N–H and O–H groups in total. The number of rotatable bonds is 0. The lowest BCUT2D eigenvalue weighted by Gasteiger charge is -1.11. The van der Waals surface area contributed by atoms with E-state index in [0.717, 1.165) is 0 Å². The van der Waals surface area contributed by atoms with Gasteiger partial charge in [0.1, 0.15) is 0 Å². The van der Waals surface area contributed by atoms with Crippen LogP contribution in [0.15, 0.2) is 0 Å². The maximum absolute atomic E-state index is 5.75. The smallest absolute Gasteiger partial charge is 0.0194 e. The Morgan fingerprint density at radius 2 is 0.120 bits per heavy atom. The summed E-state index contributed by atoms with van der Waals surface area (Å²) in [5.41, 5.74) is 0. The SMILES string of the molecule is C.C.C.C.C.C.C.C.C.C.C.C.C.C.C.C.C.C.C.C.C.C.C.C.C.C.C.C.C.C.C.C.C.C.C.C.C.C.C.C.C.C.CS.[3H]C.[3H]C.[3H]C.[3H]C.[3H]C.[3H]C. The van der Waals surface area contributed by atoms with Crippen molar-refractivity contribution in [3.05, 3.63) is 0 Å². The zero-order valence-corrected chi connectivity index (χ0v) is 8.34. The third-order valence-electron chi connectivity index (χ3n) is 0. The molecule has 1 heteroatoms. The van der Waals surface area contributed by atoms with Gasteiger partial charge in [-0.25, -0.2) is 0 Å². The van der Waals surface area contributed by atoms with Crippen LogP contribution in [0, 0.1) is 0 Å². The Bertz CT molecular complexity index is 34.6. The van der Waals surface area contributed by atoms with Crippen LogP contribution < -0.4 is 0 Å². The second-order valence-corrected chi connectivity index (χ2v) is 0. The van der Waals surface area contributed by atoms with Gasteiger partial charge in [0.2, 0.25) is 0 Å². The maximum atomic E-state index is 5.75. The van der Waals surface area contributed by atoms with Crippen molar-refractivity contribution in [3.63, 3.8) is 0 Å². The lowest BCUT2D eigenvalue weighted by molar-refractivity contribution is 2.50. The van der Waals surface area contributed by atoms with Crippen LogP contribution in [0.3, 0.4) is 0 Å². The van der Waals surface area contributed by atoms with Crippen molar-refractivity contribution in [2.24, 2.45) is 0 Å². The molecule has 0 aliphatic heterocycles. The molecule has 0 heterocycles. The minimum absolute atomic E-state index is 0. The normalized spacial score (nSPS) is 0.960. The highest BCUT2D eigenvalue weighted by Crippen LogP contribution is 1.31. The molecule has 0 aromatic heterocycles. The summed E-state index contributed by atoms with van der Waals surface area (Å²) in [6.45, 7) is 0. The van der Waals surface area contributed by atoms with Crippen LogP contribution in [0.1, 0.15) is 365 Å². The van der Waals surface area contributed by atoms with Crippen molar-refractivity contribution < 1.29 is 8.22 Å². The Morgan fingerprint density at radius 3 is 0.120 bits per heavy atom. The van der Waals surface area contributed by atoms with Gasteiger partial charge >= 0.3 is 0 Å². The predicted octanol–water partition coefficient (Wildman–Crippen LogP) is 31.1. The average Bonchev–Trinajstić information content (AvgIpc) is 2.45. The van der Waals surface area contributed by atoms with Gasteiger partial charge in [-0.05, 0) is 6.26 Å². The molecule has 0 unspecified atom stereocenters.